The topological polar surface area (TPSA) is 65.5 Å². The van der Waals surface area contributed by atoms with Gasteiger partial charge in [0.05, 0.1) is 0 Å². The number of aryl methyl sites for hydroxylation is 1. The number of nitrogens with one attached hydrogen (secondary N) is 1. The summed E-state index contributed by atoms with van der Waals surface area (Å²) in [5, 5.41) is 3.17. The van der Waals surface area contributed by atoms with Crippen LogP contribution < -0.4 is 5.32 Å². The minimum atomic E-state index is -0.0433. The maximum atomic E-state index is 12.6. The Hall–Kier alpha value is -2.11. The lowest BCUT2D eigenvalue weighted by molar-refractivity contribution is 0.0756. The van der Waals surface area contributed by atoms with Gasteiger partial charge in [-0.1, -0.05) is 25.3 Å². The number of hydrogen-bond acceptors (Lipinski definition) is 3. The van der Waals surface area contributed by atoms with Gasteiger partial charge in [-0.15, -0.1) is 0 Å². The van der Waals surface area contributed by atoms with E-state index < -0.39 is 0 Å². The predicted octanol–water partition coefficient (Wildman–Crippen LogP) is 2.58. The number of urea groups is 1. The van der Waals surface area contributed by atoms with Crippen LogP contribution in [-0.2, 0) is 0 Å². The lowest BCUT2D eigenvalue weighted by Gasteiger charge is -2.27. The summed E-state index contributed by atoms with van der Waals surface area (Å²) in [7, 11) is 0. The number of pyridine rings is 1. The smallest absolute Gasteiger partial charge is 0.317 e. The van der Waals surface area contributed by atoms with Crippen LogP contribution in [0.15, 0.2) is 18.2 Å². The summed E-state index contributed by atoms with van der Waals surface area (Å²) in [6.45, 7) is 4.39. The molecule has 6 nitrogen and oxygen atoms in total. The quantitative estimate of drug-likeness (QED) is 0.897. The molecule has 1 aromatic heterocycles. The van der Waals surface area contributed by atoms with Gasteiger partial charge in [-0.3, -0.25) is 4.79 Å². The van der Waals surface area contributed by atoms with Crippen LogP contribution in [0.5, 0.6) is 0 Å². The highest BCUT2D eigenvalue weighted by molar-refractivity contribution is 5.92. The van der Waals surface area contributed by atoms with Gasteiger partial charge in [0.15, 0.2) is 0 Å². The van der Waals surface area contributed by atoms with E-state index in [4.69, 9.17) is 0 Å². The first-order valence-corrected chi connectivity index (χ1v) is 9.42. The highest BCUT2D eigenvalue weighted by Crippen LogP contribution is 2.18. The molecule has 2 aliphatic rings. The zero-order chi connectivity index (χ0) is 17.6. The molecule has 0 spiro atoms. The minimum Gasteiger partial charge on any atom is -0.335 e. The van der Waals surface area contributed by atoms with Crippen LogP contribution in [0.25, 0.3) is 0 Å². The number of carbonyl (C=O) groups is 2. The predicted molar refractivity (Wildman–Crippen MR) is 96.5 cm³/mol. The highest BCUT2D eigenvalue weighted by atomic mass is 16.2. The molecule has 2 heterocycles. The Morgan fingerprint density at radius 1 is 1.00 bits per heavy atom. The molecule has 0 unspecified atom stereocenters. The molecule has 0 aromatic carbocycles. The molecule has 136 valence electrons. The van der Waals surface area contributed by atoms with Gasteiger partial charge in [0.2, 0.25) is 0 Å². The molecular formula is C19H28N4O2. The van der Waals surface area contributed by atoms with Gasteiger partial charge < -0.3 is 15.1 Å². The van der Waals surface area contributed by atoms with Gasteiger partial charge in [-0.2, -0.15) is 0 Å². The summed E-state index contributed by atoms with van der Waals surface area (Å²) in [6, 6.07) is 5.84. The summed E-state index contributed by atoms with van der Waals surface area (Å²) in [5.74, 6) is -0.0433. The lowest BCUT2D eigenvalue weighted by atomic mass is 9.96. The van der Waals surface area contributed by atoms with E-state index in [9.17, 15) is 9.59 Å². The third kappa shape index (κ3) is 4.71. The third-order valence-electron chi connectivity index (χ3n) is 5.11. The number of amides is 3. The first-order valence-electron chi connectivity index (χ1n) is 9.42. The number of nitrogens with zero attached hydrogens (tertiary/aromatic N) is 3. The van der Waals surface area contributed by atoms with Crippen LogP contribution >= 0.6 is 0 Å². The first kappa shape index (κ1) is 17.7. The Labute approximate surface area is 149 Å². The molecule has 25 heavy (non-hydrogen) atoms. The summed E-state index contributed by atoms with van der Waals surface area (Å²) in [6.07, 6.45) is 6.66. The molecule has 3 amide bonds. The van der Waals surface area contributed by atoms with Crippen molar-refractivity contribution in [3.63, 3.8) is 0 Å². The van der Waals surface area contributed by atoms with Crippen LogP contribution in [-0.4, -0.2) is 58.9 Å². The molecule has 6 heteroatoms. The SMILES string of the molecule is Cc1cccc(C(=O)N2CCCN(C(=O)NC3CCCCC3)CC2)n1. The second-order valence-corrected chi connectivity index (χ2v) is 7.08. The van der Waals surface area contributed by atoms with Gasteiger partial charge in [-0.05, 0) is 38.3 Å². The summed E-state index contributed by atoms with van der Waals surface area (Å²) >= 11 is 0. The van der Waals surface area contributed by atoms with Crippen LogP contribution in [0, 0.1) is 6.92 Å². The molecule has 1 aliphatic heterocycles. The standard InChI is InChI=1S/C19H28N4O2/c1-15-7-5-10-17(20-15)18(24)22-11-6-12-23(14-13-22)19(25)21-16-8-3-2-4-9-16/h5,7,10,16H,2-4,6,8-9,11-14H2,1H3,(H,21,25). The van der Waals surface area contributed by atoms with Gasteiger partial charge in [-0.25, -0.2) is 9.78 Å². The molecule has 3 rings (SSSR count). The van der Waals surface area contributed by atoms with Gasteiger partial charge >= 0.3 is 6.03 Å². The zero-order valence-corrected chi connectivity index (χ0v) is 15.0. The maximum absolute atomic E-state index is 12.6. The van der Waals surface area contributed by atoms with Crippen LogP contribution in [0.2, 0.25) is 0 Å². The summed E-state index contributed by atoms with van der Waals surface area (Å²) < 4.78 is 0. The van der Waals surface area contributed by atoms with Gasteiger partial charge in [0.25, 0.3) is 5.91 Å². The lowest BCUT2D eigenvalue weighted by Crippen LogP contribution is -2.47. The zero-order valence-electron chi connectivity index (χ0n) is 15.0. The van der Waals surface area contributed by atoms with Crippen LogP contribution in [0.1, 0.15) is 54.7 Å². The first-order chi connectivity index (χ1) is 12.1. The Morgan fingerprint density at radius 3 is 2.48 bits per heavy atom. The molecule has 2 fully saturated rings. The van der Waals surface area contributed by atoms with Crippen molar-refractivity contribution in [1.82, 2.24) is 20.1 Å². The van der Waals surface area contributed by atoms with E-state index in [2.05, 4.69) is 10.3 Å². The number of aromatic nitrogens is 1. The van der Waals surface area contributed by atoms with Crippen molar-refractivity contribution in [2.75, 3.05) is 26.2 Å². The van der Waals surface area contributed by atoms with E-state index in [1.54, 1.807) is 6.07 Å². The van der Waals surface area contributed by atoms with Crippen molar-refractivity contribution in [2.45, 2.75) is 51.5 Å². The summed E-state index contributed by atoms with van der Waals surface area (Å²) in [5.41, 5.74) is 1.33. The van der Waals surface area contributed by atoms with Crippen molar-refractivity contribution >= 4 is 11.9 Å². The Bertz CT molecular complexity index is 613. The molecule has 1 saturated carbocycles. The average Bonchev–Trinajstić information content (AvgIpc) is 2.88. The van der Waals surface area contributed by atoms with E-state index in [1.807, 2.05) is 28.9 Å². The van der Waals surface area contributed by atoms with E-state index in [1.165, 1.54) is 19.3 Å². The molecule has 0 radical (unpaired) electrons. The fraction of sp³-hybridized carbons (Fsp3) is 0.632. The largest absolute Gasteiger partial charge is 0.335 e. The van der Waals surface area contributed by atoms with Crippen molar-refractivity contribution in [1.29, 1.82) is 0 Å². The number of rotatable bonds is 2. The molecule has 1 N–H and O–H groups in total. The molecule has 1 saturated heterocycles. The molecule has 0 atom stereocenters. The van der Waals surface area contributed by atoms with Crippen LogP contribution in [0.3, 0.4) is 0 Å². The average molecular weight is 344 g/mol. The van der Waals surface area contributed by atoms with Gasteiger partial charge in [0.1, 0.15) is 5.69 Å². The fourth-order valence-corrected chi connectivity index (χ4v) is 3.66. The highest BCUT2D eigenvalue weighted by Gasteiger charge is 2.25. The minimum absolute atomic E-state index is 0.0230. The second-order valence-electron chi connectivity index (χ2n) is 7.08. The van der Waals surface area contributed by atoms with Crippen molar-refractivity contribution in [3.8, 4) is 0 Å². The van der Waals surface area contributed by atoms with E-state index in [0.717, 1.165) is 25.0 Å². The van der Waals surface area contributed by atoms with Crippen molar-refractivity contribution < 1.29 is 9.59 Å². The van der Waals surface area contributed by atoms with E-state index >= 15 is 0 Å². The second kappa shape index (κ2) is 8.32. The van der Waals surface area contributed by atoms with E-state index in [0.29, 0.717) is 37.9 Å². The van der Waals surface area contributed by atoms with Crippen molar-refractivity contribution in [3.05, 3.63) is 29.6 Å². The maximum Gasteiger partial charge on any atom is 0.317 e. The molecule has 0 bridgehead atoms. The van der Waals surface area contributed by atoms with Crippen molar-refractivity contribution in [2.24, 2.45) is 0 Å². The Balaban J connectivity index is 1.54. The molecular weight excluding hydrogens is 316 g/mol. The Kier molecular flexibility index (Phi) is 5.89. The summed E-state index contributed by atoms with van der Waals surface area (Å²) in [4.78, 5) is 33.1. The van der Waals surface area contributed by atoms with Gasteiger partial charge in [0, 0.05) is 37.9 Å². The normalized spacial score (nSPS) is 19.4. The number of hydrogen-bond donors (Lipinski definition) is 1. The monoisotopic (exact) mass is 344 g/mol. The number of carbonyl (C=O) groups excluding carboxylic acids is 2. The molecule has 1 aliphatic carbocycles. The Morgan fingerprint density at radius 2 is 1.72 bits per heavy atom. The van der Waals surface area contributed by atoms with Crippen LogP contribution in [0.4, 0.5) is 4.79 Å². The molecule has 1 aromatic rings. The van der Waals surface area contributed by atoms with E-state index in [-0.39, 0.29) is 11.9 Å². The fourth-order valence-electron chi connectivity index (χ4n) is 3.66. The third-order valence-corrected chi connectivity index (χ3v) is 5.11.